The highest BCUT2D eigenvalue weighted by Gasteiger charge is 2.13. The fraction of sp³-hybridized carbons (Fsp3) is 0.647. The number of ether oxygens (including phenoxy) is 2. The Bertz CT molecular complexity index is 435. The maximum absolute atomic E-state index is 6.22. The number of halogens is 1. The summed E-state index contributed by atoms with van der Waals surface area (Å²) in [5.74, 6) is 1.33. The van der Waals surface area contributed by atoms with E-state index in [1.807, 2.05) is 19.1 Å². The predicted octanol–water partition coefficient (Wildman–Crippen LogP) is 4.17. The highest BCUT2D eigenvalue weighted by atomic mass is 35.5. The van der Waals surface area contributed by atoms with E-state index in [4.69, 9.17) is 21.1 Å². The molecule has 1 unspecified atom stereocenters. The molecule has 0 radical (unpaired) electrons. The molecule has 120 valence electrons. The second-order valence-electron chi connectivity index (χ2n) is 5.77. The van der Waals surface area contributed by atoms with Crippen molar-refractivity contribution in [3.05, 3.63) is 28.3 Å². The Balaban J connectivity index is 2.58. The number of methoxy groups -OCH3 is 1. The van der Waals surface area contributed by atoms with E-state index in [0.717, 1.165) is 48.0 Å². The Kier molecular flexibility index (Phi) is 8.09. The van der Waals surface area contributed by atoms with Gasteiger partial charge in [-0.2, -0.15) is 0 Å². The fourth-order valence-electron chi connectivity index (χ4n) is 2.13. The predicted molar refractivity (Wildman–Crippen MR) is 89.7 cm³/mol. The van der Waals surface area contributed by atoms with Gasteiger partial charge in [-0.05, 0) is 56.0 Å². The summed E-state index contributed by atoms with van der Waals surface area (Å²) in [4.78, 5) is 0. The summed E-state index contributed by atoms with van der Waals surface area (Å²) in [6.45, 7) is 10.9. The zero-order chi connectivity index (χ0) is 15.8. The molecule has 0 amide bonds. The lowest BCUT2D eigenvalue weighted by Crippen LogP contribution is -2.30. The Morgan fingerprint density at radius 1 is 1.24 bits per heavy atom. The summed E-state index contributed by atoms with van der Waals surface area (Å²) >= 11 is 6.22. The van der Waals surface area contributed by atoms with Crippen molar-refractivity contribution >= 4 is 11.6 Å². The van der Waals surface area contributed by atoms with Crippen LogP contribution < -0.4 is 10.1 Å². The molecule has 0 spiro atoms. The van der Waals surface area contributed by atoms with Crippen LogP contribution >= 0.6 is 11.6 Å². The van der Waals surface area contributed by atoms with Crippen molar-refractivity contribution in [2.75, 3.05) is 26.8 Å². The monoisotopic (exact) mass is 313 g/mol. The minimum Gasteiger partial charge on any atom is -0.489 e. The summed E-state index contributed by atoms with van der Waals surface area (Å²) in [6.07, 6.45) is 1.13. The molecule has 4 heteroatoms. The van der Waals surface area contributed by atoms with Gasteiger partial charge in [-0.1, -0.05) is 25.4 Å². The van der Waals surface area contributed by atoms with E-state index in [1.165, 1.54) is 0 Å². The average Bonchev–Trinajstić information content (AvgIpc) is 2.42. The molecule has 0 aliphatic carbocycles. The van der Waals surface area contributed by atoms with Crippen molar-refractivity contribution in [2.24, 2.45) is 0 Å². The van der Waals surface area contributed by atoms with E-state index in [-0.39, 0.29) is 6.10 Å². The van der Waals surface area contributed by atoms with Gasteiger partial charge in [0, 0.05) is 25.3 Å². The van der Waals surface area contributed by atoms with Crippen LogP contribution in [0.15, 0.2) is 12.1 Å². The fourth-order valence-corrected chi connectivity index (χ4v) is 2.30. The Hall–Kier alpha value is -0.770. The van der Waals surface area contributed by atoms with E-state index in [9.17, 15) is 0 Å². The van der Waals surface area contributed by atoms with Crippen LogP contribution in [0.25, 0.3) is 0 Å². The summed E-state index contributed by atoms with van der Waals surface area (Å²) in [7, 11) is 1.72. The molecule has 1 rings (SSSR count). The minimum absolute atomic E-state index is 0.116. The van der Waals surface area contributed by atoms with Crippen molar-refractivity contribution in [2.45, 2.75) is 46.1 Å². The first-order chi connectivity index (χ1) is 9.95. The van der Waals surface area contributed by atoms with Crippen LogP contribution in [0.2, 0.25) is 5.02 Å². The van der Waals surface area contributed by atoms with Gasteiger partial charge in [-0.3, -0.25) is 0 Å². The van der Waals surface area contributed by atoms with Crippen molar-refractivity contribution in [1.29, 1.82) is 0 Å². The summed E-state index contributed by atoms with van der Waals surface area (Å²) in [5, 5.41) is 4.19. The zero-order valence-corrected chi connectivity index (χ0v) is 14.6. The Morgan fingerprint density at radius 2 is 1.95 bits per heavy atom. The number of nitrogens with one attached hydrogen (secondary N) is 1. The molecule has 1 aromatic carbocycles. The second-order valence-corrected chi connectivity index (χ2v) is 6.18. The average molecular weight is 314 g/mol. The third-order valence-electron chi connectivity index (χ3n) is 3.38. The summed E-state index contributed by atoms with van der Waals surface area (Å²) in [6, 6.07) is 4.06. The highest BCUT2D eigenvalue weighted by Crippen LogP contribution is 2.32. The summed E-state index contributed by atoms with van der Waals surface area (Å²) < 4.78 is 11.1. The number of hydrogen-bond acceptors (Lipinski definition) is 3. The van der Waals surface area contributed by atoms with Gasteiger partial charge < -0.3 is 14.8 Å². The van der Waals surface area contributed by atoms with Crippen LogP contribution in [0.1, 0.15) is 44.2 Å². The molecular formula is C17H28ClNO2. The molecular weight excluding hydrogens is 286 g/mol. The molecule has 21 heavy (non-hydrogen) atoms. The maximum atomic E-state index is 6.22. The van der Waals surface area contributed by atoms with Gasteiger partial charge in [0.2, 0.25) is 0 Å². The van der Waals surface area contributed by atoms with Crippen LogP contribution in [0.4, 0.5) is 0 Å². The molecule has 0 aliphatic rings. The highest BCUT2D eigenvalue weighted by molar-refractivity contribution is 6.31. The molecule has 0 bridgehead atoms. The smallest absolute Gasteiger partial charge is 0.123 e. The first kappa shape index (κ1) is 18.3. The Morgan fingerprint density at radius 3 is 2.57 bits per heavy atom. The van der Waals surface area contributed by atoms with Crippen LogP contribution in [0.5, 0.6) is 5.75 Å². The maximum Gasteiger partial charge on any atom is 0.123 e. The van der Waals surface area contributed by atoms with Crippen molar-refractivity contribution in [1.82, 2.24) is 5.32 Å². The van der Waals surface area contributed by atoms with E-state index in [0.29, 0.717) is 5.92 Å². The van der Waals surface area contributed by atoms with Gasteiger partial charge in [-0.15, -0.1) is 0 Å². The van der Waals surface area contributed by atoms with Crippen molar-refractivity contribution < 1.29 is 9.47 Å². The van der Waals surface area contributed by atoms with Crippen LogP contribution in [-0.2, 0) is 4.74 Å². The molecule has 0 heterocycles. The number of benzene rings is 1. The van der Waals surface area contributed by atoms with E-state index >= 15 is 0 Å². The third-order valence-corrected chi connectivity index (χ3v) is 3.78. The first-order valence-electron chi connectivity index (χ1n) is 7.62. The zero-order valence-electron chi connectivity index (χ0n) is 13.8. The quantitative estimate of drug-likeness (QED) is 0.694. The van der Waals surface area contributed by atoms with Gasteiger partial charge in [0.05, 0.1) is 0 Å². The normalized spacial score (nSPS) is 12.7. The second kappa shape index (κ2) is 9.29. The third kappa shape index (κ3) is 6.25. The standard InChI is InChI=1S/C17H28ClNO2/c1-12(2)15-10-16(18)13(3)9-17(15)21-14(4)11-19-7-6-8-20-5/h9-10,12,14,19H,6-8,11H2,1-5H3. The van der Waals surface area contributed by atoms with Gasteiger partial charge >= 0.3 is 0 Å². The first-order valence-corrected chi connectivity index (χ1v) is 7.99. The van der Waals surface area contributed by atoms with Crippen molar-refractivity contribution in [3.8, 4) is 5.75 Å². The minimum atomic E-state index is 0.116. The van der Waals surface area contributed by atoms with E-state index in [1.54, 1.807) is 7.11 Å². The van der Waals surface area contributed by atoms with E-state index < -0.39 is 0 Å². The lowest BCUT2D eigenvalue weighted by atomic mass is 10.0. The van der Waals surface area contributed by atoms with Gasteiger partial charge in [-0.25, -0.2) is 0 Å². The van der Waals surface area contributed by atoms with Crippen LogP contribution in [-0.4, -0.2) is 32.9 Å². The lowest BCUT2D eigenvalue weighted by molar-refractivity contribution is 0.188. The molecule has 0 saturated heterocycles. The summed E-state index contributed by atoms with van der Waals surface area (Å²) in [5.41, 5.74) is 2.22. The number of aryl methyl sites for hydroxylation is 1. The SMILES string of the molecule is COCCCNCC(C)Oc1cc(C)c(Cl)cc1C(C)C. The van der Waals surface area contributed by atoms with Crippen molar-refractivity contribution in [3.63, 3.8) is 0 Å². The molecule has 0 aromatic heterocycles. The van der Waals surface area contributed by atoms with Crippen LogP contribution in [0, 0.1) is 6.92 Å². The number of rotatable bonds is 9. The molecule has 0 aliphatic heterocycles. The topological polar surface area (TPSA) is 30.5 Å². The van der Waals surface area contributed by atoms with E-state index in [2.05, 4.69) is 26.1 Å². The van der Waals surface area contributed by atoms with Crippen LogP contribution in [0.3, 0.4) is 0 Å². The Labute approximate surface area is 134 Å². The van der Waals surface area contributed by atoms with Gasteiger partial charge in [0.25, 0.3) is 0 Å². The molecule has 0 saturated carbocycles. The molecule has 0 fully saturated rings. The lowest BCUT2D eigenvalue weighted by Gasteiger charge is -2.20. The van der Waals surface area contributed by atoms with Gasteiger partial charge in [0.1, 0.15) is 11.9 Å². The van der Waals surface area contributed by atoms with Gasteiger partial charge in [0.15, 0.2) is 0 Å². The molecule has 1 aromatic rings. The molecule has 1 atom stereocenters. The molecule has 1 N–H and O–H groups in total. The molecule has 3 nitrogen and oxygen atoms in total. The number of hydrogen-bond donors (Lipinski definition) is 1. The largest absolute Gasteiger partial charge is 0.489 e.